The first-order valence-electron chi connectivity index (χ1n) is 12.0. The molecule has 36 heavy (non-hydrogen) atoms. The Morgan fingerprint density at radius 2 is 1.64 bits per heavy atom. The van der Waals surface area contributed by atoms with Crippen molar-refractivity contribution in [1.82, 2.24) is 15.1 Å². The second-order valence-corrected chi connectivity index (χ2v) is 8.94. The molecule has 0 aliphatic heterocycles. The lowest BCUT2D eigenvalue weighted by molar-refractivity contribution is 0.0961. The highest BCUT2D eigenvalue weighted by atomic mass is 16.5. The van der Waals surface area contributed by atoms with Crippen molar-refractivity contribution in [2.24, 2.45) is 0 Å². The summed E-state index contributed by atoms with van der Waals surface area (Å²) in [6.07, 6.45) is 0.287. The number of para-hydroxylation sites is 1. The molecule has 6 nitrogen and oxygen atoms in total. The van der Waals surface area contributed by atoms with Crippen LogP contribution < -0.4 is 10.1 Å². The number of carbonyl (C=O) groups is 2. The molecule has 184 valence electrons. The van der Waals surface area contributed by atoms with Gasteiger partial charge in [0.2, 0.25) is 0 Å². The molecule has 0 saturated carbocycles. The lowest BCUT2D eigenvalue weighted by atomic mass is 10.0. The zero-order valence-corrected chi connectivity index (χ0v) is 21.2. The van der Waals surface area contributed by atoms with Crippen LogP contribution in [0.2, 0.25) is 0 Å². The van der Waals surface area contributed by atoms with Gasteiger partial charge < -0.3 is 10.1 Å². The van der Waals surface area contributed by atoms with E-state index in [1.165, 1.54) is 0 Å². The summed E-state index contributed by atoms with van der Waals surface area (Å²) in [6, 6.07) is 23.0. The van der Waals surface area contributed by atoms with Crippen molar-refractivity contribution in [3.63, 3.8) is 0 Å². The molecule has 1 amide bonds. The summed E-state index contributed by atoms with van der Waals surface area (Å²) in [5.41, 5.74) is 7.08. The molecule has 0 bridgehead atoms. The van der Waals surface area contributed by atoms with Crippen molar-refractivity contribution in [3.05, 3.63) is 118 Å². The predicted molar refractivity (Wildman–Crippen MR) is 141 cm³/mol. The van der Waals surface area contributed by atoms with Gasteiger partial charge in [0.25, 0.3) is 5.91 Å². The van der Waals surface area contributed by atoms with Crippen molar-refractivity contribution in [3.8, 4) is 5.75 Å². The number of Topliss-reactive ketones (excluding diaryl/α,β-unsaturated/α-hetero) is 1. The number of rotatable bonds is 9. The molecule has 0 radical (unpaired) electrons. The summed E-state index contributed by atoms with van der Waals surface area (Å²) in [4.78, 5) is 25.0. The van der Waals surface area contributed by atoms with Crippen LogP contribution in [0.1, 0.15) is 54.4 Å². The third-order valence-corrected chi connectivity index (χ3v) is 6.38. The maximum Gasteiger partial charge on any atom is 0.251 e. The minimum absolute atomic E-state index is 0.0498. The zero-order chi connectivity index (χ0) is 25.7. The standard InChI is InChI=1S/C30H31N3O3/c1-20-8-5-6-11-29(20)36-19-23-12-14-25(15-13-23)28(34)17-27-21(2)32-33(22(27)3)18-24-9-7-10-26(16-24)30(35)31-4/h5-16H,17-19H2,1-4H3,(H,31,35). The molecular formula is C30H31N3O3. The fourth-order valence-electron chi connectivity index (χ4n) is 4.20. The number of amides is 1. The Hall–Kier alpha value is -4.19. The van der Waals surface area contributed by atoms with E-state index in [0.717, 1.165) is 39.4 Å². The molecule has 0 unspecified atom stereocenters. The fourth-order valence-corrected chi connectivity index (χ4v) is 4.20. The first kappa shape index (κ1) is 24.9. The van der Waals surface area contributed by atoms with Gasteiger partial charge in [-0.3, -0.25) is 14.3 Å². The number of ketones is 1. The number of hydrogen-bond donors (Lipinski definition) is 1. The average Bonchev–Trinajstić information content (AvgIpc) is 3.15. The molecule has 0 aliphatic carbocycles. The molecule has 1 N–H and O–H groups in total. The molecule has 1 aromatic heterocycles. The van der Waals surface area contributed by atoms with Crippen LogP contribution in [0.5, 0.6) is 5.75 Å². The van der Waals surface area contributed by atoms with E-state index in [1.54, 1.807) is 13.1 Å². The Morgan fingerprint density at radius 3 is 2.36 bits per heavy atom. The number of aromatic nitrogens is 2. The van der Waals surface area contributed by atoms with Crippen LogP contribution in [0, 0.1) is 20.8 Å². The van der Waals surface area contributed by atoms with Crippen molar-refractivity contribution in [2.45, 2.75) is 40.3 Å². The molecular weight excluding hydrogens is 450 g/mol. The highest BCUT2D eigenvalue weighted by molar-refractivity contribution is 5.97. The number of carbonyl (C=O) groups excluding carboxylic acids is 2. The van der Waals surface area contributed by atoms with Gasteiger partial charge >= 0.3 is 0 Å². The minimum atomic E-state index is -0.121. The van der Waals surface area contributed by atoms with Gasteiger partial charge in [-0.1, -0.05) is 54.6 Å². The van der Waals surface area contributed by atoms with Crippen molar-refractivity contribution in [1.29, 1.82) is 0 Å². The molecule has 0 fully saturated rings. The van der Waals surface area contributed by atoms with Crippen LogP contribution in [0.15, 0.2) is 72.8 Å². The maximum atomic E-state index is 13.1. The van der Waals surface area contributed by atoms with E-state index in [2.05, 4.69) is 10.4 Å². The summed E-state index contributed by atoms with van der Waals surface area (Å²) in [5, 5.41) is 7.32. The summed E-state index contributed by atoms with van der Waals surface area (Å²) >= 11 is 0. The Labute approximate surface area is 211 Å². The third kappa shape index (κ3) is 5.71. The van der Waals surface area contributed by atoms with Crippen molar-refractivity contribution < 1.29 is 14.3 Å². The molecule has 0 aliphatic rings. The average molecular weight is 482 g/mol. The lowest BCUT2D eigenvalue weighted by Gasteiger charge is -2.09. The van der Waals surface area contributed by atoms with Gasteiger partial charge in [-0.15, -0.1) is 0 Å². The van der Waals surface area contributed by atoms with E-state index in [-0.39, 0.29) is 18.1 Å². The third-order valence-electron chi connectivity index (χ3n) is 6.38. The van der Waals surface area contributed by atoms with Crippen molar-refractivity contribution >= 4 is 11.7 Å². The van der Waals surface area contributed by atoms with E-state index in [4.69, 9.17) is 4.74 Å². The Kier molecular flexibility index (Phi) is 7.64. The Morgan fingerprint density at radius 1 is 0.889 bits per heavy atom. The van der Waals surface area contributed by atoms with Crippen LogP contribution in [-0.4, -0.2) is 28.5 Å². The molecule has 3 aromatic carbocycles. The molecule has 0 saturated heterocycles. The van der Waals surface area contributed by atoms with Crippen LogP contribution in [0.25, 0.3) is 0 Å². The topological polar surface area (TPSA) is 73.2 Å². The summed E-state index contributed by atoms with van der Waals surface area (Å²) in [6.45, 7) is 6.91. The number of benzene rings is 3. The first-order chi connectivity index (χ1) is 17.4. The minimum Gasteiger partial charge on any atom is -0.489 e. The van der Waals surface area contributed by atoms with Gasteiger partial charge in [-0.25, -0.2) is 0 Å². The number of nitrogens with one attached hydrogen (secondary N) is 1. The number of hydrogen-bond acceptors (Lipinski definition) is 4. The quantitative estimate of drug-likeness (QED) is 0.333. The fraction of sp³-hybridized carbons (Fsp3) is 0.233. The highest BCUT2D eigenvalue weighted by Crippen LogP contribution is 2.20. The normalized spacial score (nSPS) is 10.8. The molecule has 0 spiro atoms. The zero-order valence-electron chi connectivity index (χ0n) is 21.2. The Bertz CT molecular complexity index is 1390. The van der Waals surface area contributed by atoms with Gasteiger partial charge in [0.15, 0.2) is 5.78 Å². The number of ether oxygens (including phenoxy) is 1. The molecule has 0 atom stereocenters. The van der Waals surface area contributed by atoms with Crippen LogP contribution in [0.3, 0.4) is 0 Å². The van der Waals surface area contributed by atoms with E-state index < -0.39 is 0 Å². The largest absolute Gasteiger partial charge is 0.489 e. The second-order valence-electron chi connectivity index (χ2n) is 8.94. The van der Waals surface area contributed by atoms with E-state index >= 15 is 0 Å². The van der Waals surface area contributed by atoms with E-state index in [1.807, 2.05) is 92.2 Å². The van der Waals surface area contributed by atoms with Gasteiger partial charge in [0.05, 0.1) is 12.2 Å². The van der Waals surface area contributed by atoms with Crippen LogP contribution >= 0.6 is 0 Å². The van der Waals surface area contributed by atoms with Gasteiger partial charge in [0.1, 0.15) is 12.4 Å². The number of aryl methyl sites for hydroxylation is 2. The van der Waals surface area contributed by atoms with Gasteiger partial charge in [-0.2, -0.15) is 5.10 Å². The van der Waals surface area contributed by atoms with Crippen molar-refractivity contribution in [2.75, 3.05) is 7.05 Å². The summed E-state index contributed by atoms with van der Waals surface area (Å²) < 4.78 is 7.81. The molecule has 1 heterocycles. The SMILES string of the molecule is CNC(=O)c1cccc(Cn2nc(C)c(CC(=O)c3ccc(COc4ccccc4C)cc3)c2C)c1. The van der Waals surface area contributed by atoms with E-state index in [9.17, 15) is 9.59 Å². The summed E-state index contributed by atoms with van der Waals surface area (Å²) in [7, 11) is 1.62. The molecule has 4 rings (SSSR count). The first-order valence-corrected chi connectivity index (χ1v) is 12.0. The summed E-state index contributed by atoms with van der Waals surface area (Å²) in [5.74, 6) is 0.791. The number of nitrogens with zero attached hydrogens (tertiary/aromatic N) is 2. The van der Waals surface area contributed by atoms with Crippen LogP contribution in [-0.2, 0) is 19.6 Å². The lowest BCUT2D eigenvalue weighted by Crippen LogP contribution is -2.18. The molecule has 6 heteroatoms. The predicted octanol–water partition coefficient (Wildman–Crippen LogP) is 5.22. The van der Waals surface area contributed by atoms with Crippen LogP contribution in [0.4, 0.5) is 0 Å². The highest BCUT2D eigenvalue weighted by Gasteiger charge is 2.17. The van der Waals surface area contributed by atoms with Gasteiger partial charge in [-0.05, 0) is 55.7 Å². The molecule has 4 aromatic rings. The maximum absolute atomic E-state index is 13.1. The van der Waals surface area contributed by atoms with Gasteiger partial charge in [0, 0.05) is 35.9 Å². The smallest absolute Gasteiger partial charge is 0.251 e. The Balaban J connectivity index is 1.42. The second kappa shape index (κ2) is 11.0. The van der Waals surface area contributed by atoms with E-state index in [0.29, 0.717) is 24.3 Å². The monoisotopic (exact) mass is 481 g/mol.